The lowest BCUT2D eigenvalue weighted by molar-refractivity contribution is -0.137. The summed E-state index contributed by atoms with van der Waals surface area (Å²) in [6, 6.07) is 5.84. The summed E-state index contributed by atoms with van der Waals surface area (Å²) < 4.78 is 62.2. The average Bonchev–Trinajstić information content (AvgIpc) is 2.82. The Morgan fingerprint density at radius 1 is 1.45 bits per heavy atom. The zero-order valence-corrected chi connectivity index (χ0v) is 12.2. The van der Waals surface area contributed by atoms with Gasteiger partial charge in [0.05, 0.1) is 17.7 Å². The summed E-state index contributed by atoms with van der Waals surface area (Å²) in [5.41, 5.74) is -2.30. The van der Waals surface area contributed by atoms with Crippen LogP contribution in [0.5, 0.6) is 0 Å². The zero-order valence-electron chi connectivity index (χ0n) is 11.4. The van der Waals surface area contributed by atoms with Crippen molar-refractivity contribution < 1.29 is 26.4 Å². The predicted octanol–water partition coefficient (Wildman–Crippen LogP) is 2.64. The first kappa shape index (κ1) is 16.3. The van der Waals surface area contributed by atoms with Gasteiger partial charge in [-0.05, 0) is 18.6 Å². The van der Waals surface area contributed by atoms with E-state index < -0.39 is 32.9 Å². The average molecular weight is 332 g/mol. The number of nitriles is 1. The second kappa shape index (κ2) is 5.28. The van der Waals surface area contributed by atoms with Crippen LogP contribution in [0.3, 0.4) is 0 Å². The Labute approximate surface area is 124 Å². The minimum absolute atomic E-state index is 0.0110. The quantitative estimate of drug-likeness (QED) is 0.834. The molecule has 1 heterocycles. The van der Waals surface area contributed by atoms with Gasteiger partial charge in [0.15, 0.2) is 14.9 Å². The first-order valence-electron chi connectivity index (χ1n) is 6.11. The maximum absolute atomic E-state index is 12.6. The van der Waals surface area contributed by atoms with Gasteiger partial charge in [-0.3, -0.25) is 0 Å². The van der Waals surface area contributed by atoms with E-state index in [4.69, 9.17) is 10.1 Å². The summed E-state index contributed by atoms with van der Waals surface area (Å²) in [6.07, 6.45) is -4.78. The van der Waals surface area contributed by atoms with Gasteiger partial charge in [0, 0.05) is 0 Å². The molecule has 22 heavy (non-hydrogen) atoms. The van der Waals surface area contributed by atoms with Gasteiger partial charge in [-0.15, -0.1) is 0 Å². The first-order chi connectivity index (χ1) is 10.1. The molecule has 0 radical (unpaired) electrons. The minimum Gasteiger partial charge on any atom is -0.373 e. The van der Waals surface area contributed by atoms with Crippen LogP contribution in [0.1, 0.15) is 24.5 Å². The van der Waals surface area contributed by atoms with Crippen LogP contribution < -0.4 is 0 Å². The van der Waals surface area contributed by atoms with Crippen LogP contribution in [0, 0.1) is 11.3 Å². The molecule has 1 aliphatic rings. The summed E-state index contributed by atoms with van der Waals surface area (Å²) in [4.78, 5) is 4.77. The number of sulfone groups is 1. The Bertz CT molecular complexity index is 765. The van der Waals surface area contributed by atoms with E-state index in [-0.39, 0.29) is 17.0 Å². The molecule has 0 N–H and O–H groups in total. The van der Waals surface area contributed by atoms with Gasteiger partial charge < -0.3 is 4.84 Å². The molecule has 2 rings (SSSR count). The summed E-state index contributed by atoms with van der Waals surface area (Å²) >= 11 is 0. The van der Waals surface area contributed by atoms with E-state index in [1.807, 2.05) is 0 Å². The number of halogens is 3. The number of hydrogen-bond acceptors (Lipinski definition) is 5. The normalized spacial score (nSPS) is 21.9. The molecule has 1 aromatic carbocycles. The fraction of sp³-hybridized carbons (Fsp3) is 0.385. The molecule has 0 aliphatic carbocycles. The highest BCUT2D eigenvalue weighted by molar-refractivity contribution is 8.05. The summed E-state index contributed by atoms with van der Waals surface area (Å²) in [5.74, 6) is -0.638. The topological polar surface area (TPSA) is 79.5 Å². The number of alkyl halides is 3. The Kier molecular flexibility index (Phi) is 3.91. The Balaban J connectivity index is 2.23. The summed E-state index contributed by atoms with van der Waals surface area (Å²) in [6.45, 7) is 1.38. The third kappa shape index (κ3) is 3.39. The number of benzene rings is 1. The third-order valence-corrected chi connectivity index (χ3v) is 4.69. The fourth-order valence-corrected chi connectivity index (χ4v) is 3.30. The van der Waals surface area contributed by atoms with Crippen LogP contribution in [-0.2, 0) is 26.6 Å². The van der Waals surface area contributed by atoms with Crippen molar-refractivity contribution in [1.29, 1.82) is 5.26 Å². The molecule has 0 amide bonds. The monoisotopic (exact) mass is 332 g/mol. The summed E-state index contributed by atoms with van der Waals surface area (Å²) in [5, 5.41) is 11.9. The van der Waals surface area contributed by atoms with Gasteiger partial charge in [0.2, 0.25) is 5.60 Å². The standard InChI is InChI=1S/C13H11F3N2O3S/c1-12(8-17)6-11(18-21-12)22(19,20)7-9-3-2-4-10(5-9)13(14,15)16/h2-5H,6-7H2,1H3. The molecule has 0 bridgehead atoms. The van der Waals surface area contributed by atoms with Crippen molar-refractivity contribution in [1.82, 2.24) is 0 Å². The molecule has 0 spiro atoms. The van der Waals surface area contributed by atoms with Crippen molar-refractivity contribution in [2.24, 2.45) is 5.16 Å². The molecular weight excluding hydrogens is 321 g/mol. The van der Waals surface area contributed by atoms with E-state index in [1.165, 1.54) is 13.0 Å². The number of rotatable bonds is 2. The molecule has 0 aromatic heterocycles. The summed E-state index contributed by atoms with van der Waals surface area (Å²) in [7, 11) is -3.95. The van der Waals surface area contributed by atoms with Crippen LogP contribution in [0.4, 0.5) is 13.2 Å². The van der Waals surface area contributed by atoms with Gasteiger partial charge in [0.25, 0.3) is 0 Å². The minimum atomic E-state index is -4.55. The van der Waals surface area contributed by atoms with Crippen molar-refractivity contribution in [3.63, 3.8) is 0 Å². The molecule has 0 saturated heterocycles. The fourth-order valence-electron chi connectivity index (χ4n) is 1.87. The molecule has 0 fully saturated rings. The van der Waals surface area contributed by atoms with E-state index in [1.54, 1.807) is 6.07 Å². The van der Waals surface area contributed by atoms with Gasteiger partial charge in [-0.1, -0.05) is 23.4 Å². The lowest BCUT2D eigenvalue weighted by atomic mass is 10.1. The molecular formula is C13H11F3N2O3S. The van der Waals surface area contributed by atoms with Crippen LogP contribution in [0.25, 0.3) is 0 Å². The lowest BCUT2D eigenvalue weighted by Crippen LogP contribution is -2.25. The SMILES string of the molecule is CC1(C#N)CC(S(=O)(=O)Cc2cccc(C(F)(F)F)c2)=NO1. The van der Waals surface area contributed by atoms with Crippen molar-refractivity contribution in [3.05, 3.63) is 35.4 Å². The molecule has 1 atom stereocenters. The van der Waals surface area contributed by atoms with Crippen LogP contribution >= 0.6 is 0 Å². The highest BCUT2D eigenvalue weighted by Crippen LogP contribution is 2.31. The van der Waals surface area contributed by atoms with Gasteiger partial charge in [-0.2, -0.15) is 18.4 Å². The largest absolute Gasteiger partial charge is 0.416 e. The smallest absolute Gasteiger partial charge is 0.373 e. The van der Waals surface area contributed by atoms with Crippen molar-refractivity contribution in [3.8, 4) is 6.07 Å². The van der Waals surface area contributed by atoms with Crippen LogP contribution in [0.2, 0.25) is 0 Å². The second-order valence-electron chi connectivity index (χ2n) is 5.05. The highest BCUT2D eigenvalue weighted by atomic mass is 32.2. The van der Waals surface area contributed by atoms with Gasteiger partial charge >= 0.3 is 6.18 Å². The molecule has 0 saturated carbocycles. The van der Waals surface area contributed by atoms with E-state index in [2.05, 4.69) is 5.16 Å². The van der Waals surface area contributed by atoms with Crippen molar-refractivity contribution >= 4 is 14.9 Å². The third-order valence-electron chi connectivity index (χ3n) is 3.04. The molecule has 118 valence electrons. The number of oxime groups is 1. The Morgan fingerprint density at radius 2 is 2.14 bits per heavy atom. The van der Waals surface area contributed by atoms with E-state index >= 15 is 0 Å². The maximum Gasteiger partial charge on any atom is 0.416 e. The predicted molar refractivity (Wildman–Crippen MR) is 71.2 cm³/mol. The van der Waals surface area contributed by atoms with Crippen LogP contribution in [-0.4, -0.2) is 19.1 Å². The van der Waals surface area contributed by atoms with E-state index in [9.17, 15) is 21.6 Å². The first-order valence-corrected chi connectivity index (χ1v) is 7.76. The zero-order chi connectivity index (χ0) is 16.6. The lowest BCUT2D eigenvalue weighted by Gasteiger charge is -2.10. The van der Waals surface area contributed by atoms with Gasteiger partial charge in [0.1, 0.15) is 6.07 Å². The van der Waals surface area contributed by atoms with Crippen molar-refractivity contribution in [2.45, 2.75) is 30.9 Å². The molecule has 9 heteroatoms. The van der Waals surface area contributed by atoms with E-state index in [0.29, 0.717) is 0 Å². The molecule has 5 nitrogen and oxygen atoms in total. The van der Waals surface area contributed by atoms with E-state index in [0.717, 1.165) is 18.2 Å². The van der Waals surface area contributed by atoms with Crippen molar-refractivity contribution in [2.75, 3.05) is 0 Å². The Morgan fingerprint density at radius 3 is 2.68 bits per heavy atom. The van der Waals surface area contributed by atoms with Crippen LogP contribution in [0.15, 0.2) is 29.4 Å². The number of hydrogen-bond donors (Lipinski definition) is 0. The molecule has 1 unspecified atom stereocenters. The molecule has 1 aromatic rings. The highest BCUT2D eigenvalue weighted by Gasteiger charge is 2.40. The second-order valence-corrected chi connectivity index (χ2v) is 7.04. The van der Waals surface area contributed by atoms with Gasteiger partial charge in [-0.25, -0.2) is 8.42 Å². The maximum atomic E-state index is 12.6. The molecule has 1 aliphatic heterocycles. The number of nitrogens with zero attached hydrogens (tertiary/aromatic N) is 2. The Hall–Kier alpha value is -2.08.